The third kappa shape index (κ3) is 1.36. The molecular weight excluding hydrogens is 170 g/mol. The zero-order valence-corrected chi connectivity index (χ0v) is 9.09. The minimum Gasteiger partial charge on any atom is -0.330 e. The van der Waals surface area contributed by atoms with Crippen molar-refractivity contribution < 1.29 is 0 Å². The standard InChI is InChI=1S/C13H19N/c1-9-10(2)13-11(6-4-8-14)5-3-7-12(9)13/h3,5,7,9-10H,4,6,8,14H2,1-2H3. The van der Waals surface area contributed by atoms with E-state index in [0.29, 0.717) is 0 Å². The summed E-state index contributed by atoms with van der Waals surface area (Å²) in [6, 6.07) is 6.72. The number of hydrogen-bond donors (Lipinski definition) is 1. The van der Waals surface area contributed by atoms with Gasteiger partial charge in [0.05, 0.1) is 0 Å². The largest absolute Gasteiger partial charge is 0.330 e. The second-order valence-corrected chi connectivity index (χ2v) is 4.39. The molecule has 0 aliphatic heterocycles. The van der Waals surface area contributed by atoms with Crippen molar-refractivity contribution in [1.82, 2.24) is 0 Å². The minimum absolute atomic E-state index is 0.749. The van der Waals surface area contributed by atoms with Gasteiger partial charge in [0.2, 0.25) is 0 Å². The van der Waals surface area contributed by atoms with E-state index in [1.165, 1.54) is 5.56 Å². The smallest absolute Gasteiger partial charge is 0.00741 e. The molecule has 0 amide bonds. The van der Waals surface area contributed by atoms with Gasteiger partial charge in [-0.25, -0.2) is 0 Å². The van der Waals surface area contributed by atoms with Crippen molar-refractivity contribution in [3.05, 3.63) is 34.9 Å². The fraction of sp³-hybridized carbons (Fsp3) is 0.538. The summed E-state index contributed by atoms with van der Waals surface area (Å²) in [6.45, 7) is 5.45. The summed E-state index contributed by atoms with van der Waals surface area (Å²) in [6.07, 6.45) is 2.26. The molecule has 0 radical (unpaired) electrons. The van der Waals surface area contributed by atoms with Crippen molar-refractivity contribution >= 4 is 0 Å². The van der Waals surface area contributed by atoms with Gasteiger partial charge in [0, 0.05) is 0 Å². The van der Waals surface area contributed by atoms with Crippen LogP contribution in [0.3, 0.4) is 0 Å². The summed E-state index contributed by atoms with van der Waals surface area (Å²) in [5.41, 5.74) is 10.2. The molecule has 2 N–H and O–H groups in total. The van der Waals surface area contributed by atoms with Crippen LogP contribution in [0.15, 0.2) is 18.2 Å². The summed E-state index contributed by atoms with van der Waals surface area (Å²) in [4.78, 5) is 0. The van der Waals surface area contributed by atoms with Crippen LogP contribution in [0.2, 0.25) is 0 Å². The lowest BCUT2D eigenvalue weighted by Crippen LogP contribution is -2.21. The van der Waals surface area contributed by atoms with Crippen molar-refractivity contribution in [3.63, 3.8) is 0 Å². The van der Waals surface area contributed by atoms with E-state index in [0.717, 1.165) is 31.2 Å². The average Bonchev–Trinajstić information content (AvgIpc) is 2.24. The number of rotatable bonds is 3. The highest BCUT2D eigenvalue weighted by Gasteiger charge is 2.31. The molecule has 0 saturated heterocycles. The van der Waals surface area contributed by atoms with E-state index in [9.17, 15) is 0 Å². The zero-order valence-electron chi connectivity index (χ0n) is 9.09. The third-order valence-corrected chi connectivity index (χ3v) is 3.58. The van der Waals surface area contributed by atoms with Crippen molar-refractivity contribution in [1.29, 1.82) is 0 Å². The molecule has 1 aliphatic rings. The van der Waals surface area contributed by atoms with Gasteiger partial charge in [-0.15, -0.1) is 0 Å². The predicted octanol–water partition coefficient (Wildman–Crippen LogP) is 2.80. The quantitative estimate of drug-likeness (QED) is 0.777. The molecule has 0 saturated carbocycles. The van der Waals surface area contributed by atoms with Crippen LogP contribution in [-0.2, 0) is 6.42 Å². The van der Waals surface area contributed by atoms with Crippen molar-refractivity contribution in [2.24, 2.45) is 5.73 Å². The van der Waals surface area contributed by atoms with Crippen molar-refractivity contribution in [2.75, 3.05) is 6.54 Å². The Morgan fingerprint density at radius 2 is 2.00 bits per heavy atom. The lowest BCUT2D eigenvalue weighted by molar-refractivity contribution is 0.533. The van der Waals surface area contributed by atoms with E-state index in [1.54, 1.807) is 11.1 Å². The molecule has 0 bridgehead atoms. The highest BCUT2D eigenvalue weighted by molar-refractivity contribution is 5.49. The molecule has 2 atom stereocenters. The average molecular weight is 189 g/mol. The Bertz CT molecular complexity index is 330. The molecular formula is C13H19N. The molecule has 0 heterocycles. The first-order valence-corrected chi connectivity index (χ1v) is 5.57. The third-order valence-electron chi connectivity index (χ3n) is 3.58. The Labute approximate surface area is 86.3 Å². The second kappa shape index (κ2) is 3.74. The summed E-state index contributed by atoms with van der Waals surface area (Å²) in [7, 11) is 0. The molecule has 76 valence electrons. The molecule has 1 aromatic carbocycles. The zero-order chi connectivity index (χ0) is 10.1. The van der Waals surface area contributed by atoms with Crippen LogP contribution < -0.4 is 5.73 Å². The maximum absolute atomic E-state index is 5.54. The van der Waals surface area contributed by atoms with Crippen molar-refractivity contribution in [2.45, 2.75) is 38.5 Å². The van der Waals surface area contributed by atoms with Gasteiger partial charge in [-0.2, -0.15) is 0 Å². The van der Waals surface area contributed by atoms with E-state index >= 15 is 0 Å². The summed E-state index contributed by atoms with van der Waals surface area (Å²) in [5, 5.41) is 0. The van der Waals surface area contributed by atoms with Gasteiger partial charge < -0.3 is 5.73 Å². The van der Waals surface area contributed by atoms with Crippen LogP contribution in [-0.4, -0.2) is 6.54 Å². The normalized spacial score (nSPS) is 24.2. The van der Waals surface area contributed by atoms with E-state index in [2.05, 4.69) is 32.0 Å². The molecule has 2 unspecified atom stereocenters. The molecule has 1 aliphatic carbocycles. The number of hydrogen-bond acceptors (Lipinski definition) is 1. The SMILES string of the molecule is CC1c2cccc(CCCN)c2C1C. The van der Waals surface area contributed by atoms with Gasteiger partial charge in [-0.1, -0.05) is 32.0 Å². The van der Waals surface area contributed by atoms with E-state index in [1.807, 2.05) is 0 Å². The van der Waals surface area contributed by atoms with Crippen LogP contribution in [0, 0.1) is 0 Å². The Kier molecular flexibility index (Phi) is 2.60. The topological polar surface area (TPSA) is 26.0 Å². The Hall–Kier alpha value is -0.820. The molecule has 2 rings (SSSR count). The fourth-order valence-electron chi connectivity index (χ4n) is 2.52. The highest BCUT2D eigenvalue weighted by Crippen LogP contribution is 2.47. The Balaban J connectivity index is 2.25. The summed E-state index contributed by atoms with van der Waals surface area (Å²) < 4.78 is 0. The number of benzene rings is 1. The van der Waals surface area contributed by atoms with Crippen LogP contribution in [0.5, 0.6) is 0 Å². The monoisotopic (exact) mass is 189 g/mol. The number of fused-ring (bicyclic) bond motifs is 1. The fourth-order valence-corrected chi connectivity index (χ4v) is 2.52. The highest BCUT2D eigenvalue weighted by atomic mass is 14.5. The lowest BCUT2D eigenvalue weighted by atomic mass is 9.67. The van der Waals surface area contributed by atoms with Crippen molar-refractivity contribution in [3.8, 4) is 0 Å². The van der Waals surface area contributed by atoms with Gasteiger partial charge in [0.25, 0.3) is 0 Å². The summed E-state index contributed by atoms with van der Waals surface area (Å²) >= 11 is 0. The molecule has 0 aromatic heterocycles. The molecule has 1 nitrogen and oxygen atoms in total. The second-order valence-electron chi connectivity index (χ2n) is 4.39. The van der Waals surface area contributed by atoms with Crippen LogP contribution in [0.1, 0.15) is 48.8 Å². The van der Waals surface area contributed by atoms with Gasteiger partial charge in [-0.3, -0.25) is 0 Å². The first-order chi connectivity index (χ1) is 6.75. The Morgan fingerprint density at radius 3 is 2.71 bits per heavy atom. The predicted molar refractivity (Wildman–Crippen MR) is 60.6 cm³/mol. The maximum Gasteiger partial charge on any atom is -0.00741 e. The molecule has 14 heavy (non-hydrogen) atoms. The lowest BCUT2D eigenvalue weighted by Gasteiger charge is -2.37. The van der Waals surface area contributed by atoms with Crippen LogP contribution in [0.25, 0.3) is 0 Å². The van der Waals surface area contributed by atoms with Gasteiger partial charge in [-0.05, 0) is 47.9 Å². The number of aryl methyl sites for hydroxylation is 1. The first kappa shape index (κ1) is 9.72. The van der Waals surface area contributed by atoms with E-state index < -0.39 is 0 Å². The molecule has 0 fully saturated rings. The molecule has 1 heteroatoms. The Morgan fingerprint density at radius 1 is 1.21 bits per heavy atom. The van der Waals surface area contributed by atoms with Gasteiger partial charge >= 0.3 is 0 Å². The minimum atomic E-state index is 0.749. The summed E-state index contributed by atoms with van der Waals surface area (Å²) in [5.74, 6) is 1.50. The van der Waals surface area contributed by atoms with Crippen LogP contribution in [0.4, 0.5) is 0 Å². The maximum atomic E-state index is 5.54. The first-order valence-electron chi connectivity index (χ1n) is 5.57. The van der Waals surface area contributed by atoms with Gasteiger partial charge in [0.1, 0.15) is 0 Å². The molecule has 1 aromatic rings. The van der Waals surface area contributed by atoms with E-state index in [4.69, 9.17) is 5.73 Å². The number of nitrogens with two attached hydrogens (primary N) is 1. The van der Waals surface area contributed by atoms with Gasteiger partial charge in [0.15, 0.2) is 0 Å². The molecule has 0 spiro atoms. The van der Waals surface area contributed by atoms with E-state index in [-0.39, 0.29) is 0 Å². The van der Waals surface area contributed by atoms with Crippen LogP contribution >= 0.6 is 0 Å².